The Morgan fingerprint density at radius 1 is 1.30 bits per heavy atom. The third-order valence-corrected chi connectivity index (χ3v) is 5.93. The Morgan fingerprint density at radius 3 is 3.05 bits per heavy atom. The normalized spacial score (nSPS) is 26.6. The van der Waals surface area contributed by atoms with E-state index in [2.05, 4.69) is 53.3 Å². The summed E-state index contributed by atoms with van der Waals surface area (Å²) in [7, 11) is 2.07. The van der Waals surface area contributed by atoms with Gasteiger partial charge in [0.2, 0.25) is 0 Å². The van der Waals surface area contributed by atoms with E-state index in [0.29, 0.717) is 0 Å². The van der Waals surface area contributed by atoms with Gasteiger partial charge in [-0.25, -0.2) is 0 Å². The summed E-state index contributed by atoms with van der Waals surface area (Å²) in [5, 5.41) is 4.08. The van der Waals surface area contributed by atoms with Crippen LogP contribution in [0.25, 0.3) is 0 Å². The van der Waals surface area contributed by atoms with Gasteiger partial charge in [0.15, 0.2) is 0 Å². The zero-order valence-electron chi connectivity index (χ0n) is 12.5. The molecule has 2 unspecified atom stereocenters. The number of nitrogens with zero attached hydrogens (tertiary/aromatic N) is 1. The number of likely N-dealkylation sites (tertiary alicyclic amines) is 1. The third kappa shape index (κ3) is 3.38. The van der Waals surface area contributed by atoms with Crippen LogP contribution in [0.3, 0.4) is 0 Å². The van der Waals surface area contributed by atoms with Crippen LogP contribution in [0.2, 0.25) is 0 Å². The van der Waals surface area contributed by atoms with Crippen LogP contribution in [0.1, 0.15) is 31.2 Å². The highest BCUT2D eigenvalue weighted by molar-refractivity contribution is 8.00. The van der Waals surface area contributed by atoms with Gasteiger partial charge in [-0.05, 0) is 57.5 Å². The summed E-state index contributed by atoms with van der Waals surface area (Å²) < 4.78 is 0. The van der Waals surface area contributed by atoms with E-state index in [-0.39, 0.29) is 0 Å². The van der Waals surface area contributed by atoms with Crippen LogP contribution in [0.5, 0.6) is 0 Å². The third-order valence-electron chi connectivity index (χ3n) is 4.63. The lowest BCUT2D eigenvalue weighted by atomic mass is 9.98. The molecule has 0 aliphatic carbocycles. The molecule has 2 atom stereocenters. The van der Waals surface area contributed by atoms with Crippen LogP contribution in [0.4, 0.5) is 0 Å². The number of nitrogens with one attached hydrogen (secondary N) is 1. The molecule has 1 fully saturated rings. The van der Waals surface area contributed by atoms with Gasteiger partial charge in [0.05, 0.1) is 0 Å². The van der Waals surface area contributed by atoms with E-state index in [1.165, 1.54) is 50.1 Å². The van der Waals surface area contributed by atoms with Gasteiger partial charge in [0, 0.05) is 22.7 Å². The number of piperidine rings is 1. The van der Waals surface area contributed by atoms with E-state index >= 15 is 0 Å². The molecule has 110 valence electrons. The van der Waals surface area contributed by atoms with Gasteiger partial charge in [-0.1, -0.05) is 24.6 Å². The van der Waals surface area contributed by atoms with Gasteiger partial charge in [0.1, 0.15) is 0 Å². The van der Waals surface area contributed by atoms with E-state index in [4.69, 9.17) is 0 Å². The monoisotopic (exact) mass is 290 g/mol. The lowest BCUT2D eigenvalue weighted by Crippen LogP contribution is -2.44. The zero-order chi connectivity index (χ0) is 13.8. The number of hydrogen-bond acceptors (Lipinski definition) is 3. The van der Waals surface area contributed by atoms with E-state index < -0.39 is 0 Å². The molecule has 0 radical (unpaired) electrons. The van der Waals surface area contributed by atoms with Crippen molar-refractivity contribution in [3.05, 3.63) is 29.8 Å². The number of benzene rings is 1. The van der Waals surface area contributed by atoms with Gasteiger partial charge in [-0.2, -0.15) is 0 Å². The maximum Gasteiger partial charge on any atom is 0.0263 e. The van der Waals surface area contributed by atoms with Gasteiger partial charge in [0.25, 0.3) is 0 Å². The Labute approximate surface area is 127 Å². The van der Waals surface area contributed by atoms with Crippen molar-refractivity contribution >= 4 is 11.8 Å². The van der Waals surface area contributed by atoms with Crippen LogP contribution < -0.4 is 5.32 Å². The number of thioether (sulfide) groups is 1. The van der Waals surface area contributed by atoms with Crippen molar-refractivity contribution in [3.8, 4) is 0 Å². The molecule has 0 saturated carbocycles. The van der Waals surface area contributed by atoms with Gasteiger partial charge < -0.3 is 5.32 Å². The SMILES string of the molecule is CNCCC1CCCCN1CC1Cc2ccccc2S1. The topological polar surface area (TPSA) is 15.3 Å². The average molecular weight is 290 g/mol. The Bertz CT molecular complexity index is 410. The first-order chi connectivity index (χ1) is 9.86. The molecule has 0 amide bonds. The fourth-order valence-corrected chi connectivity index (χ4v) is 4.90. The average Bonchev–Trinajstić information content (AvgIpc) is 2.88. The van der Waals surface area contributed by atoms with Gasteiger partial charge in [-0.15, -0.1) is 11.8 Å². The first-order valence-electron chi connectivity index (χ1n) is 8.00. The van der Waals surface area contributed by atoms with Gasteiger partial charge in [-0.3, -0.25) is 4.90 Å². The van der Waals surface area contributed by atoms with E-state index in [1.54, 1.807) is 5.56 Å². The van der Waals surface area contributed by atoms with Crippen LogP contribution in [-0.4, -0.2) is 42.9 Å². The molecule has 2 aliphatic heterocycles. The van der Waals surface area contributed by atoms with E-state index in [9.17, 15) is 0 Å². The molecule has 2 heterocycles. The van der Waals surface area contributed by atoms with Crippen molar-refractivity contribution in [2.75, 3.05) is 26.7 Å². The molecule has 1 aromatic rings. The second-order valence-electron chi connectivity index (χ2n) is 6.09. The minimum Gasteiger partial charge on any atom is -0.320 e. The molecular weight excluding hydrogens is 264 g/mol. The zero-order valence-corrected chi connectivity index (χ0v) is 13.3. The molecule has 0 aromatic heterocycles. The Hall–Kier alpha value is -0.510. The lowest BCUT2D eigenvalue weighted by Gasteiger charge is -2.37. The van der Waals surface area contributed by atoms with Crippen LogP contribution in [0.15, 0.2) is 29.2 Å². The predicted molar refractivity (Wildman–Crippen MR) is 87.5 cm³/mol. The highest BCUT2D eigenvalue weighted by Gasteiger charge is 2.28. The number of fused-ring (bicyclic) bond motifs is 1. The molecule has 3 heteroatoms. The Kier molecular flexibility index (Phi) is 5.03. The number of hydrogen-bond donors (Lipinski definition) is 1. The summed E-state index contributed by atoms with van der Waals surface area (Å²) in [6, 6.07) is 9.75. The first kappa shape index (κ1) is 14.4. The maximum atomic E-state index is 3.31. The first-order valence-corrected chi connectivity index (χ1v) is 8.88. The molecule has 1 aromatic carbocycles. The summed E-state index contributed by atoms with van der Waals surface area (Å²) in [6.07, 6.45) is 6.77. The summed E-state index contributed by atoms with van der Waals surface area (Å²) in [6.45, 7) is 3.73. The van der Waals surface area contributed by atoms with Crippen molar-refractivity contribution in [1.29, 1.82) is 0 Å². The molecule has 2 nitrogen and oxygen atoms in total. The standard InChI is InChI=1S/C17H26N2S/c1-18-10-9-15-7-4-5-11-19(15)13-16-12-14-6-2-3-8-17(14)20-16/h2-3,6,8,15-16,18H,4-5,7,9-13H2,1H3. The van der Waals surface area contributed by atoms with Crippen LogP contribution >= 0.6 is 11.8 Å². The van der Waals surface area contributed by atoms with E-state index in [0.717, 1.165) is 17.8 Å². The van der Waals surface area contributed by atoms with E-state index in [1.807, 2.05) is 0 Å². The summed E-state index contributed by atoms with van der Waals surface area (Å²) >= 11 is 2.10. The highest BCUT2D eigenvalue weighted by atomic mass is 32.2. The molecule has 0 bridgehead atoms. The summed E-state index contributed by atoms with van der Waals surface area (Å²) in [5.74, 6) is 0. The van der Waals surface area contributed by atoms with Crippen LogP contribution in [0, 0.1) is 0 Å². The second kappa shape index (κ2) is 6.97. The van der Waals surface area contributed by atoms with Crippen molar-refractivity contribution in [1.82, 2.24) is 10.2 Å². The summed E-state index contributed by atoms with van der Waals surface area (Å²) in [5.41, 5.74) is 1.56. The maximum absolute atomic E-state index is 3.31. The molecule has 20 heavy (non-hydrogen) atoms. The van der Waals surface area contributed by atoms with Crippen molar-refractivity contribution in [2.24, 2.45) is 0 Å². The lowest BCUT2D eigenvalue weighted by molar-refractivity contribution is 0.141. The molecule has 1 saturated heterocycles. The molecule has 1 N–H and O–H groups in total. The molecule has 2 aliphatic rings. The Morgan fingerprint density at radius 2 is 2.20 bits per heavy atom. The predicted octanol–water partition coefficient (Wildman–Crippen LogP) is 3.17. The Balaban J connectivity index is 1.57. The van der Waals surface area contributed by atoms with Crippen molar-refractivity contribution < 1.29 is 0 Å². The van der Waals surface area contributed by atoms with Crippen LogP contribution in [-0.2, 0) is 6.42 Å². The molecule has 3 rings (SSSR count). The van der Waals surface area contributed by atoms with Crippen molar-refractivity contribution in [3.63, 3.8) is 0 Å². The largest absolute Gasteiger partial charge is 0.320 e. The fourth-order valence-electron chi connectivity index (χ4n) is 3.56. The van der Waals surface area contributed by atoms with Gasteiger partial charge >= 0.3 is 0 Å². The molecule has 0 spiro atoms. The smallest absolute Gasteiger partial charge is 0.0263 e. The quantitative estimate of drug-likeness (QED) is 0.897. The minimum atomic E-state index is 0.766. The molecular formula is C17H26N2S. The second-order valence-corrected chi connectivity index (χ2v) is 7.43. The highest BCUT2D eigenvalue weighted by Crippen LogP contribution is 2.37. The number of rotatable bonds is 5. The minimum absolute atomic E-state index is 0.766. The fraction of sp³-hybridized carbons (Fsp3) is 0.647. The van der Waals surface area contributed by atoms with Crippen molar-refractivity contribution in [2.45, 2.75) is 48.3 Å². The summed E-state index contributed by atoms with van der Waals surface area (Å²) in [4.78, 5) is 4.28.